The molecule has 3 aromatic carbocycles. The summed E-state index contributed by atoms with van der Waals surface area (Å²) in [6, 6.07) is 14.6. The van der Waals surface area contributed by atoms with Gasteiger partial charge in [0.25, 0.3) is 0 Å². The van der Waals surface area contributed by atoms with Crippen molar-refractivity contribution in [3.8, 4) is 16.9 Å². The number of rotatable bonds is 10. The lowest BCUT2D eigenvalue weighted by Gasteiger charge is -2.39. The molecule has 0 aromatic heterocycles. The van der Waals surface area contributed by atoms with Gasteiger partial charge in [-0.2, -0.15) is 0 Å². The van der Waals surface area contributed by atoms with Crippen molar-refractivity contribution >= 4 is 23.2 Å². The van der Waals surface area contributed by atoms with Gasteiger partial charge in [0, 0.05) is 55.5 Å². The summed E-state index contributed by atoms with van der Waals surface area (Å²) in [7, 11) is 0. The van der Waals surface area contributed by atoms with Crippen LogP contribution in [0.15, 0.2) is 54.6 Å². The Labute approximate surface area is 263 Å². The Morgan fingerprint density at radius 1 is 1.00 bits per heavy atom. The molecule has 0 aliphatic carbocycles. The highest BCUT2D eigenvalue weighted by atomic mass is 35.5. The van der Waals surface area contributed by atoms with Crippen LogP contribution in [0.5, 0.6) is 5.75 Å². The van der Waals surface area contributed by atoms with Gasteiger partial charge in [-0.05, 0) is 104 Å². The third-order valence-electron chi connectivity index (χ3n) is 8.86. The Balaban J connectivity index is 1.10. The first-order valence-electron chi connectivity index (χ1n) is 15.5. The Bertz CT molecular complexity index is 1420. The number of ether oxygens (including phenoxy) is 1. The Morgan fingerprint density at radius 2 is 1.75 bits per heavy atom. The number of anilines is 1. The van der Waals surface area contributed by atoms with E-state index in [0.29, 0.717) is 61.4 Å². The average Bonchev–Trinajstić information content (AvgIpc) is 3.01. The van der Waals surface area contributed by atoms with Crippen molar-refractivity contribution in [1.29, 1.82) is 0 Å². The molecule has 44 heavy (non-hydrogen) atoms. The maximum Gasteiger partial charge on any atom is 0.239 e. The topological polar surface area (TPSA) is 88.1 Å². The highest BCUT2D eigenvalue weighted by Gasteiger charge is 2.33. The molecule has 7 nitrogen and oxygen atoms in total. The predicted octanol–water partition coefficient (Wildman–Crippen LogP) is 5.19. The van der Waals surface area contributed by atoms with Gasteiger partial charge in [-0.15, -0.1) is 0 Å². The number of nitrogens with zero attached hydrogens (tertiary/aromatic N) is 3. The quantitative estimate of drug-likeness (QED) is 0.302. The zero-order chi connectivity index (χ0) is 31.2. The molecule has 1 atom stereocenters. The number of halogens is 3. The molecule has 0 bridgehead atoms. The van der Waals surface area contributed by atoms with E-state index in [9.17, 15) is 13.6 Å². The molecule has 0 spiro atoms. The van der Waals surface area contributed by atoms with Crippen LogP contribution in [0.1, 0.15) is 30.9 Å². The number of carbonyl (C=O) groups is 1. The van der Waals surface area contributed by atoms with Gasteiger partial charge >= 0.3 is 0 Å². The van der Waals surface area contributed by atoms with E-state index in [2.05, 4.69) is 9.80 Å². The van der Waals surface area contributed by atoms with E-state index >= 15 is 0 Å². The number of carbonyl (C=O) groups excluding carboxylic acids is 1. The molecule has 3 aromatic rings. The molecule has 5 rings (SSSR count). The zero-order valence-electron chi connectivity index (χ0n) is 25.3. The molecule has 2 heterocycles. The maximum atomic E-state index is 14.5. The fourth-order valence-corrected chi connectivity index (χ4v) is 6.57. The summed E-state index contributed by atoms with van der Waals surface area (Å²) in [6.07, 6.45) is 2.46. The van der Waals surface area contributed by atoms with E-state index in [1.165, 1.54) is 18.2 Å². The molecule has 2 aliphatic heterocycles. The number of benzene rings is 3. The van der Waals surface area contributed by atoms with E-state index in [4.69, 9.17) is 27.8 Å². The third-order valence-corrected chi connectivity index (χ3v) is 9.10. The number of nitrogen functional groups attached to an aromatic ring is 1. The van der Waals surface area contributed by atoms with Crippen LogP contribution >= 0.6 is 11.6 Å². The fraction of sp³-hybridized carbons (Fsp3) is 0.441. The second-order valence-electron chi connectivity index (χ2n) is 11.8. The fourth-order valence-electron chi connectivity index (χ4n) is 6.38. The Hall–Kier alpha value is -3.24. The lowest BCUT2D eigenvalue weighted by atomic mass is 9.88. The van der Waals surface area contributed by atoms with Gasteiger partial charge in [-0.25, -0.2) is 8.78 Å². The first kappa shape index (κ1) is 32.2. The molecule has 2 saturated heterocycles. The largest absolute Gasteiger partial charge is 0.493 e. The summed E-state index contributed by atoms with van der Waals surface area (Å²) in [4.78, 5) is 19.7. The van der Waals surface area contributed by atoms with Gasteiger partial charge in [0.1, 0.15) is 17.4 Å². The third kappa shape index (κ3) is 7.88. The predicted molar refractivity (Wildman–Crippen MR) is 172 cm³/mol. The molecular formula is C34H42ClF2N5O2. The van der Waals surface area contributed by atoms with Gasteiger partial charge in [-0.3, -0.25) is 9.69 Å². The van der Waals surface area contributed by atoms with Crippen LogP contribution in [-0.4, -0.2) is 79.1 Å². The standard InChI is InChI=1S/C34H42ClF2N5O2/c1-2-44-32-5-3-4-31(37)30(32)22-41-14-16-42(17-15-41)34(43)33(39)23-8-11-40(12-9-23)13-10-24-18-26(35)6-7-29(24)25-19-27(36)21-28(38)20-25/h3-7,18-21,23,33H,2,8-17,22,38-39H2,1H3/t33-/m1/s1. The summed E-state index contributed by atoms with van der Waals surface area (Å²) >= 11 is 6.32. The Kier molecular flexibility index (Phi) is 10.7. The second-order valence-corrected chi connectivity index (χ2v) is 12.2. The SMILES string of the molecule is CCOc1cccc(F)c1CN1CCN(C(=O)[C@H](N)C2CCN(CCc3cc(Cl)ccc3-c3cc(N)cc(F)c3)CC2)CC1. The molecule has 1 amide bonds. The summed E-state index contributed by atoms with van der Waals surface area (Å²) in [5.41, 5.74) is 16.1. The first-order valence-corrected chi connectivity index (χ1v) is 15.8. The number of hydrogen-bond donors (Lipinski definition) is 2. The number of hydrogen-bond acceptors (Lipinski definition) is 6. The minimum absolute atomic E-state index is 0.00179. The highest BCUT2D eigenvalue weighted by Crippen LogP contribution is 2.30. The van der Waals surface area contributed by atoms with Gasteiger partial charge in [0.15, 0.2) is 0 Å². The van der Waals surface area contributed by atoms with Gasteiger partial charge < -0.3 is 26.0 Å². The molecule has 236 valence electrons. The number of nitrogens with two attached hydrogens (primary N) is 2. The van der Waals surface area contributed by atoms with Gasteiger partial charge in [0.2, 0.25) is 5.91 Å². The van der Waals surface area contributed by atoms with Crippen LogP contribution in [0.4, 0.5) is 14.5 Å². The van der Waals surface area contributed by atoms with Gasteiger partial charge in [-0.1, -0.05) is 23.7 Å². The van der Waals surface area contributed by atoms with Crippen molar-refractivity contribution in [1.82, 2.24) is 14.7 Å². The molecule has 2 fully saturated rings. The zero-order valence-corrected chi connectivity index (χ0v) is 26.0. The average molecular weight is 626 g/mol. The number of piperazine rings is 1. The number of likely N-dealkylation sites (tertiary alicyclic amines) is 1. The highest BCUT2D eigenvalue weighted by molar-refractivity contribution is 6.30. The van der Waals surface area contributed by atoms with Crippen LogP contribution in [0.25, 0.3) is 11.1 Å². The summed E-state index contributed by atoms with van der Waals surface area (Å²) in [5.74, 6) is 0.0639. The maximum absolute atomic E-state index is 14.5. The molecule has 10 heteroatoms. The van der Waals surface area contributed by atoms with E-state index in [-0.39, 0.29) is 23.5 Å². The first-order chi connectivity index (χ1) is 21.2. The smallest absolute Gasteiger partial charge is 0.239 e. The van der Waals surface area contributed by atoms with E-state index in [1.807, 2.05) is 30.0 Å². The lowest BCUT2D eigenvalue weighted by molar-refractivity contribution is -0.136. The van der Waals surface area contributed by atoms with Crippen LogP contribution in [-0.2, 0) is 17.8 Å². The molecular weight excluding hydrogens is 584 g/mol. The van der Waals surface area contributed by atoms with E-state index in [0.717, 1.165) is 55.6 Å². The van der Waals surface area contributed by atoms with Crippen molar-refractivity contribution in [3.05, 3.63) is 82.4 Å². The van der Waals surface area contributed by atoms with E-state index < -0.39 is 6.04 Å². The summed E-state index contributed by atoms with van der Waals surface area (Å²) in [5, 5.41) is 0.639. The van der Waals surface area contributed by atoms with Crippen LogP contribution < -0.4 is 16.2 Å². The van der Waals surface area contributed by atoms with Crippen molar-refractivity contribution in [2.24, 2.45) is 11.7 Å². The number of amides is 1. The normalized spacial score (nSPS) is 17.5. The number of piperidine rings is 1. The minimum atomic E-state index is -0.530. The molecule has 4 N–H and O–H groups in total. The molecule has 2 aliphatic rings. The minimum Gasteiger partial charge on any atom is -0.493 e. The monoisotopic (exact) mass is 625 g/mol. The molecule has 0 saturated carbocycles. The van der Waals surface area contributed by atoms with Crippen molar-refractivity contribution in [3.63, 3.8) is 0 Å². The lowest BCUT2D eigenvalue weighted by Crippen LogP contribution is -2.55. The van der Waals surface area contributed by atoms with Crippen molar-refractivity contribution in [2.45, 2.75) is 38.8 Å². The van der Waals surface area contributed by atoms with Crippen molar-refractivity contribution < 1.29 is 18.3 Å². The summed E-state index contributed by atoms with van der Waals surface area (Å²) < 4.78 is 34.2. The molecule has 0 unspecified atom stereocenters. The van der Waals surface area contributed by atoms with E-state index in [1.54, 1.807) is 18.2 Å². The summed E-state index contributed by atoms with van der Waals surface area (Å²) in [6.45, 7) is 7.80. The van der Waals surface area contributed by atoms with Crippen LogP contribution in [0.3, 0.4) is 0 Å². The van der Waals surface area contributed by atoms with Crippen molar-refractivity contribution in [2.75, 3.05) is 58.2 Å². The van der Waals surface area contributed by atoms with Crippen LogP contribution in [0.2, 0.25) is 5.02 Å². The second kappa shape index (κ2) is 14.7. The van der Waals surface area contributed by atoms with Gasteiger partial charge in [0.05, 0.1) is 12.6 Å². The Morgan fingerprint density at radius 3 is 2.45 bits per heavy atom. The molecule has 0 radical (unpaired) electrons. The van der Waals surface area contributed by atoms with Crippen LogP contribution in [0, 0.1) is 17.6 Å².